The van der Waals surface area contributed by atoms with Gasteiger partial charge in [0.2, 0.25) is 0 Å². The highest BCUT2D eigenvalue weighted by atomic mass is 16.5. The van der Waals surface area contributed by atoms with Crippen LogP contribution in [-0.2, 0) is 32.1 Å². The first-order valence-corrected chi connectivity index (χ1v) is 28.5. The molecular formula is C66H108N4O5. The molecule has 0 aliphatic heterocycles. The average Bonchev–Trinajstić information content (AvgIpc) is 3.43. The predicted molar refractivity (Wildman–Crippen MR) is 325 cm³/mol. The molecule has 0 fully saturated rings. The molecule has 0 radical (unpaired) electrons. The second-order valence-corrected chi connectivity index (χ2v) is 18.4. The Hall–Kier alpha value is -5.06. The fraction of sp³-hybridized carbons (Fsp3) is 0.545. The molecule has 0 saturated heterocycles. The molecule has 0 spiro atoms. The molecule has 0 heterocycles. The van der Waals surface area contributed by atoms with Gasteiger partial charge in [-0.2, -0.15) is 0 Å². The maximum Gasteiger partial charge on any atom is 0.123 e. The van der Waals surface area contributed by atoms with Gasteiger partial charge in [0.25, 0.3) is 0 Å². The molecule has 0 unspecified atom stereocenters. The minimum absolute atomic E-state index is 0. The van der Waals surface area contributed by atoms with E-state index in [-0.39, 0.29) is 7.43 Å². The van der Waals surface area contributed by atoms with E-state index in [0.29, 0.717) is 6.61 Å². The Morgan fingerprint density at radius 3 is 0.827 bits per heavy atom. The van der Waals surface area contributed by atoms with Crippen molar-refractivity contribution >= 4 is 0 Å². The van der Waals surface area contributed by atoms with E-state index in [0.717, 1.165) is 113 Å². The first-order valence-electron chi connectivity index (χ1n) is 28.5. The lowest BCUT2D eigenvalue weighted by Gasteiger charge is -2.08. The summed E-state index contributed by atoms with van der Waals surface area (Å²) in [6, 6.07) is 42.0. The number of hydrogen-bond acceptors (Lipinski definition) is 9. The summed E-state index contributed by atoms with van der Waals surface area (Å²) in [4.78, 5) is 0. The molecule has 0 aliphatic rings. The summed E-state index contributed by atoms with van der Waals surface area (Å²) >= 11 is 0. The van der Waals surface area contributed by atoms with Gasteiger partial charge in [-0.15, -0.1) is 0 Å². The Bertz CT molecular complexity index is 1760. The number of rotatable bonds is 34. The van der Waals surface area contributed by atoms with Crippen molar-refractivity contribution in [2.45, 2.75) is 152 Å². The Balaban J connectivity index is 0.000000910. The lowest BCUT2D eigenvalue weighted by molar-refractivity contribution is 0.302. The molecule has 9 heteroatoms. The topological polar surface area (TPSA) is 94.3 Å². The van der Waals surface area contributed by atoms with Gasteiger partial charge in [0, 0.05) is 19.2 Å². The summed E-state index contributed by atoms with van der Waals surface area (Å²) in [5.41, 5.74) is 7.11. The third kappa shape index (κ3) is 39.1. The van der Waals surface area contributed by atoms with Gasteiger partial charge < -0.3 is 45.0 Å². The molecule has 0 bridgehead atoms. The normalized spacial score (nSPS) is 10.1. The highest BCUT2D eigenvalue weighted by Crippen LogP contribution is 2.20. The maximum absolute atomic E-state index is 5.60. The fourth-order valence-electron chi connectivity index (χ4n) is 7.25. The molecule has 5 aromatic carbocycles. The minimum Gasteiger partial charge on any atom is -0.494 e. The molecule has 9 nitrogen and oxygen atoms in total. The third-order valence-electron chi connectivity index (χ3n) is 11.4. The van der Waals surface area contributed by atoms with E-state index in [4.69, 9.17) is 23.7 Å². The summed E-state index contributed by atoms with van der Waals surface area (Å²) in [5.74, 6) is 4.73. The van der Waals surface area contributed by atoms with E-state index >= 15 is 0 Å². The molecule has 5 aromatic rings. The fourth-order valence-corrected chi connectivity index (χ4v) is 7.25. The smallest absolute Gasteiger partial charge is 0.123 e. The summed E-state index contributed by atoms with van der Waals surface area (Å²) in [6.07, 6.45) is 19.0. The van der Waals surface area contributed by atoms with Crippen LogP contribution in [0.4, 0.5) is 0 Å². The molecular weight excluding hydrogens is 929 g/mol. The van der Waals surface area contributed by atoms with Gasteiger partial charge in [-0.05, 0) is 201 Å². The minimum atomic E-state index is 0. The SMILES string of the molecule is C.CCCCc1cccc(CCCNC)c1.CCCCc1cccc(OCCC)c1.CCCCc1cccc(OCCNC)c1.CCCOc1cccc(CCCNC)c1.CCCOc1cccc(OCCNC)c1. The summed E-state index contributed by atoms with van der Waals surface area (Å²) < 4.78 is 27.8. The number of benzene rings is 5. The maximum atomic E-state index is 5.60. The first kappa shape index (κ1) is 69.9. The largest absolute Gasteiger partial charge is 0.494 e. The lowest BCUT2D eigenvalue weighted by atomic mass is 10.0. The van der Waals surface area contributed by atoms with Gasteiger partial charge in [0.05, 0.1) is 19.8 Å². The highest BCUT2D eigenvalue weighted by Gasteiger charge is 2.01. The van der Waals surface area contributed by atoms with Gasteiger partial charge in [-0.1, -0.05) is 135 Å². The molecule has 5 rings (SSSR count). The number of likely N-dealkylation sites (N-methyl/N-ethyl adjacent to an activating group) is 2. The van der Waals surface area contributed by atoms with Crippen molar-refractivity contribution in [3.8, 4) is 28.7 Å². The molecule has 422 valence electrons. The van der Waals surface area contributed by atoms with Gasteiger partial charge in [0.15, 0.2) is 0 Å². The zero-order valence-corrected chi connectivity index (χ0v) is 48.3. The first-order chi connectivity index (χ1) is 36.3. The molecule has 75 heavy (non-hydrogen) atoms. The van der Waals surface area contributed by atoms with Crippen LogP contribution in [0.5, 0.6) is 28.7 Å². The molecule has 0 aromatic heterocycles. The Labute approximate surface area is 460 Å². The number of aryl methyl sites for hydroxylation is 5. The van der Waals surface area contributed by atoms with Crippen molar-refractivity contribution in [2.24, 2.45) is 0 Å². The predicted octanol–water partition coefficient (Wildman–Crippen LogP) is 15.0. The van der Waals surface area contributed by atoms with Crippen molar-refractivity contribution in [1.82, 2.24) is 21.3 Å². The van der Waals surface area contributed by atoms with E-state index in [9.17, 15) is 0 Å². The molecule has 0 saturated carbocycles. The summed E-state index contributed by atoms with van der Waals surface area (Å²) in [5, 5.41) is 12.4. The van der Waals surface area contributed by atoms with E-state index in [1.54, 1.807) is 0 Å². The van der Waals surface area contributed by atoms with E-state index in [1.165, 1.54) is 98.4 Å². The zero-order chi connectivity index (χ0) is 54.0. The van der Waals surface area contributed by atoms with Gasteiger partial charge in [-0.3, -0.25) is 0 Å². The number of nitrogens with one attached hydrogen (secondary N) is 4. The summed E-state index contributed by atoms with van der Waals surface area (Å²) in [7, 11) is 7.84. The van der Waals surface area contributed by atoms with Crippen molar-refractivity contribution in [3.63, 3.8) is 0 Å². The standard InChI is InChI=1S/C14H23N.2C13H21NO.C13H20O.C12H19NO2.CH4/c1-3-4-7-13-8-5-9-14(12-13)10-6-11-15-2;1-3-10-15-13-8-4-6-12(11-13)7-5-9-14-2;1-3-4-6-12-7-5-8-13(11-12)15-10-9-14-2;1-3-5-7-12-8-6-9-13(11-12)14-10-4-2;1-3-8-14-11-5-4-6-12(10-11)15-9-7-13-2;/h5,8-9,12,15H,3-4,6-7,10-11H2,1-2H3;4,6,8,11,14H,3,5,7,9-10H2,1-2H3;5,7-8,11,14H,3-4,6,9-10H2,1-2H3;6,8-9,11H,3-5,7,10H2,1-2H3;4-6,10,13H,3,7-9H2,1-2H3;1H4. The molecule has 0 amide bonds. The number of hydrogen-bond donors (Lipinski definition) is 4. The zero-order valence-electron chi connectivity index (χ0n) is 48.3. The van der Waals surface area contributed by atoms with E-state index in [1.807, 2.05) is 70.7 Å². The Morgan fingerprint density at radius 1 is 0.280 bits per heavy atom. The van der Waals surface area contributed by atoms with Crippen LogP contribution in [0.1, 0.15) is 147 Å². The van der Waals surface area contributed by atoms with Crippen molar-refractivity contribution in [2.75, 3.05) is 87.4 Å². The van der Waals surface area contributed by atoms with Gasteiger partial charge in [0.1, 0.15) is 42.0 Å². The Morgan fingerprint density at radius 2 is 0.533 bits per heavy atom. The second-order valence-electron chi connectivity index (χ2n) is 18.4. The van der Waals surface area contributed by atoms with Crippen LogP contribution >= 0.6 is 0 Å². The van der Waals surface area contributed by atoms with Crippen LogP contribution in [0.2, 0.25) is 0 Å². The number of ether oxygens (including phenoxy) is 5. The van der Waals surface area contributed by atoms with E-state index in [2.05, 4.69) is 142 Å². The van der Waals surface area contributed by atoms with Crippen LogP contribution in [0, 0.1) is 0 Å². The van der Waals surface area contributed by atoms with E-state index < -0.39 is 0 Å². The van der Waals surface area contributed by atoms with Crippen LogP contribution in [0.25, 0.3) is 0 Å². The summed E-state index contributed by atoms with van der Waals surface area (Å²) in [6.45, 7) is 20.7. The van der Waals surface area contributed by atoms with Gasteiger partial charge in [-0.25, -0.2) is 0 Å². The average molecular weight is 1040 g/mol. The quantitative estimate of drug-likeness (QED) is 0.0301. The highest BCUT2D eigenvalue weighted by molar-refractivity contribution is 5.33. The van der Waals surface area contributed by atoms with Crippen LogP contribution < -0.4 is 45.0 Å². The van der Waals surface area contributed by atoms with Crippen LogP contribution in [0.15, 0.2) is 121 Å². The number of unbranched alkanes of at least 4 members (excludes halogenated alkanes) is 3. The van der Waals surface area contributed by atoms with Crippen molar-refractivity contribution < 1.29 is 23.7 Å². The second kappa shape index (κ2) is 51.1. The molecule has 0 atom stereocenters. The van der Waals surface area contributed by atoms with Gasteiger partial charge >= 0.3 is 0 Å². The molecule has 4 N–H and O–H groups in total. The third-order valence-corrected chi connectivity index (χ3v) is 11.4. The van der Waals surface area contributed by atoms with Crippen molar-refractivity contribution in [3.05, 3.63) is 149 Å². The lowest BCUT2D eigenvalue weighted by Crippen LogP contribution is -2.15. The van der Waals surface area contributed by atoms with Crippen LogP contribution in [-0.4, -0.2) is 87.4 Å². The van der Waals surface area contributed by atoms with Crippen molar-refractivity contribution in [1.29, 1.82) is 0 Å². The Kier molecular flexibility index (Phi) is 47.6. The molecule has 0 aliphatic carbocycles. The van der Waals surface area contributed by atoms with Crippen LogP contribution in [0.3, 0.4) is 0 Å². The monoisotopic (exact) mass is 1040 g/mol.